The van der Waals surface area contributed by atoms with Crippen LogP contribution in [0.3, 0.4) is 0 Å². The Labute approximate surface area is 157 Å². The van der Waals surface area contributed by atoms with Crippen molar-refractivity contribution < 1.29 is 9.72 Å². The maximum atomic E-state index is 12.6. The Morgan fingerprint density at radius 3 is 2.42 bits per heavy atom. The Balaban J connectivity index is 2.20. The normalized spacial score (nSPS) is 12.0. The average molecular weight is 373 g/mol. The highest BCUT2D eigenvalue weighted by molar-refractivity contribution is 7.98. The predicted octanol–water partition coefficient (Wildman–Crippen LogP) is 3.66. The fraction of sp³-hybridized carbons (Fsp3) is 0.316. The van der Waals surface area contributed by atoms with Gasteiger partial charge in [-0.05, 0) is 45.0 Å². The van der Waals surface area contributed by atoms with E-state index in [1.54, 1.807) is 12.1 Å². The fourth-order valence-corrected chi connectivity index (χ4v) is 3.09. The molecule has 0 radical (unpaired) electrons. The van der Waals surface area contributed by atoms with Gasteiger partial charge in [0.15, 0.2) is 0 Å². The summed E-state index contributed by atoms with van der Waals surface area (Å²) in [4.78, 5) is 26.1. The third-order valence-electron chi connectivity index (χ3n) is 4.19. The lowest BCUT2D eigenvalue weighted by Gasteiger charge is -2.25. The molecule has 0 aliphatic carbocycles. The number of hydrogen-bond acceptors (Lipinski definition) is 5. The molecule has 1 unspecified atom stereocenters. The zero-order chi connectivity index (χ0) is 19.3. The molecule has 2 aromatic carbocycles. The summed E-state index contributed by atoms with van der Waals surface area (Å²) >= 11 is 1.44. The largest absolute Gasteiger partial charge is 0.350 e. The molecule has 26 heavy (non-hydrogen) atoms. The first-order valence-corrected chi connectivity index (χ1v) is 9.39. The molecule has 0 aliphatic rings. The van der Waals surface area contributed by atoms with E-state index in [1.165, 1.54) is 23.4 Å². The molecule has 138 valence electrons. The number of likely N-dealkylation sites (N-methyl/N-ethyl adjacent to an activating group) is 1. The summed E-state index contributed by atoms with van der Waals surface area (Å²) < 4.78 is 0. The number of nitrogens with zero attached hydrogens (tertiary/aromatic N) is 2. The molecular formula is C19H23N3O3S. The summed E-state index contributed by atoms with van der Waals surface area (Å²) in [6.45, 7) is 2.38. The van der Waals surface area contributed by atoms with Crippen LogP contribution in [0, 0.1) is 17.0 Å². The van der Waals surface area contributed by atoms with Crippen LogP contribution in [0.25, 0.3) is 0 Å². The van der Waals surface area contributed by atoms with E-state index < -0.39 is 10.8 Å². The molecule has 0 aliphatic heterocycles. The fourth-order valence-electron chi connectivity index (χ4n) is 2.65. The van der Waals surface area contributed by atoms with Gasteiger partial charge in [0, 0.05) is 17.5 Å². The van der Waals surface area contributed by atoms with Crippen molar-refractivity contribution in [2.24, 2.45) is 0 Å². The van der Waals surface area contributed by atoms with Crippen LogP contribution in [-0.4, -0.2) is 42.6 Å². The Morgan fingerprint density at radius 1 is 1.23 bits per heavy atom. The van der Waals surface area contributed by atoms with Gasteiger partial charge in [0.2, 0.25) is 0 Å². The third kappa shape index (κ3) is 4.83. The van der Waals surface area contributed by atoms with Crippen LogP contribution in [0.4, 0.5) is 5.69 Å². The van der Waals surface area contributed by atoms with Gasteiger partial charge in [0.05, 0.1) is 11.0 Å². The third-order valence-corrected chi connectivity index (χ3v) is 4.91. The molecule has 2 rings (SSSR count). The first-order valence-electron chi connectivity index (χ1n) is 8.17. The number of thioether (sulfide) groups is 1. The van der Waals surface area contributed by atoms with Crippen molar-refractivity contribution in [3.63, 3.8) is 0 Å². The lowest BCUT2D eigenvalue weighted by atomic mass is 10.0. The van der Waals surface area contributed by atoms with Gasteiger partial charge >= 0.3 is 0 Å². The zero-order valence-electron chi connectivity index (χ0n) is 15.4. The van der Waals surface area contributed by atoms with E-state index in [0.29, 0.717) is 6.54 Å². The van der Waals surface area contributed by atoms with Gasteiger partial charge in [-0.25, -0.2) is 0 Å². The SMILES string of the molecule is CSc1ccc([N+](=O)[O-])c(C(=O)NCC(c2ccc(C)cc2)N(C)C)c1. The molecule has 0 saturated carbocycles. The first-order chi connectivity index (χ1) is 12.3. The minimum atomic E-state index is -0.525. The molecule has 0 spiro atoms. The minimum absolute atomic E-state index is 0.0256. The van der Waals surface area contributed by atoms with E-state index in [9.17, 15) is 14.9 Å². The van der Waals surface area contributed by atoms with E-state index in [1.807, 2.05) is 56.4 Å². The smallest absolute Gasteiger partial charge is 0.282 e. The lowest BCUT2D eigenvalue weighted by Crippen LogP contribution is -2.34. The lowest BCUT2D eigenvalue weighted by molar-refractivity contribution is -0.385. The highest BCUT2D eigenvalue weighted by Gasteiger charge is 2.22. The quantitative estimate of drug-likeness (QED) is 0.455. The highest BCUT2D eigenvalue weighted by atomic mass is 32.2. The van der Waals surface area contributed by atoms with Crippen LogP contribution in [0.5, 0.6) is 0 Å². The number of carbonyl (C=O) groups excluding carboxylic acids is 1. The molecule has 0 fully saturated rings. The molecule has 0 bridgehead atoms. The summed E-state index contributed by atoms with van der Waals surface area (Å²) in [5.74, 6) is -0.438. The Bertz CT molecular complexity index is 791. The maximum absolute atomic E-state index is 12.6. The topological polar surface area (TPSA) is 75.5 Å². The van der Waals surface area contributed by atoms with Crippen LogP contribution in [0.15, 0.2) is 47.4 Å². The predicted molar refractivity (Wildman–Crippen MR) is 105 cm³/mol. The van der Waals surface area contributed by atoms with Crippen molar-refractivity contribution in [2.45, 2.75) is 17.9 Å². The molecule has 7 heteroatoms. The van der Waals surface area contributed by atoms with E-state index in [0.717, 1.165) is 10.5 Å². The van der Waals surface area contributed by atoms with Crippen molar-refractivity contribution in [1.29, 1.82) is 0 Å². The van der Waals surface area contributed by atoms with Crippen molar-refractivity contribution in [2.75, 3.05) is 26.9 Å². The Morgan fingerprint density at radius 2 is 1.88 bits per heavy atom. The Kier molecular flexibility index (Phi) is 6.76. The molecule has 0 heterocycles. The molecule has 0 aromatic heterocycles. The maximum Gasteiger partial charge on any atom is 0.282 e. The summed E-state index contributed by atoms with van der Waals surface area (Å²) in [5.41, 5.74) is 2.15. The molecule has 1 atom stereocenters. The highest BCUT2D eigenvalue weighted by Crippen LogP contribution is 2.25. The van der Waals surface area contributed by atoms with Crippen LogP contribution >= 0.6 is 11.8 Å². The number of rotatable bonds is 7. The number of nitro groups is 1. The second-order valence-corrected chi connectivity index (χ2v) is 7.12. The summed E-state index contributed by atoms with van der Waals surface area (Å²) in [7, 11) is 3.88. The van der Waals surface area contributed by atoms with Crippen molar-refractivity contribution >= 4 is 23.4 Å². The molecular weight excluding hydrogens is 350 g/mol. The second-order valence-electron chi connectivity index (χ2n) is 6.24. The number of hydrogen-bond donors (Lipinski definition) is 1. The van der Waals surface area contributed by atoms with E-state index in [-0.39, 0.29) is 17.3 Å². The zero-order valence-corrected chi connectivity index (χ0v) is 16.2. The standard InChI is InChI=1S/C19H23N3O3S/c1-13-5-7-14(8-6-13)18(21(2)3)12-20-19(23)16-11-15(26-4)9-10-17(16)22(24)25/h5-11,18H,12H2,1-4H3,(H,20,23). The number of benzene rings is 2. The summed E-state index contributed by atoms with van der Waals surface area (Å²) in [5, 5.41) is 14.1. The number of carbonyl (C=O) groups is 1. The molecule has 6 nitrogen and oxygen atoms in total. The average Bonchev–Trinajstić information content (AvgIpc) is 2.62. The van der Waals surface area contributed by atoms with Gasteiger partial charge in [-0.2, -0.15) is 0 Å². The van der Waals surface area contributed by atoms with Gasteiger partial charge < -0.3 is 10.2 Å². The number of nitro benzene ring substituents is 1. The minimum Gasteiger partial charge on any atom is -0.350 e. The van der Waals surface area contributed by atoms with Gasteiger partial charge in [0.1, 0.15) is 5.56 Å². The molecule has 1 N–H and O–H groups in total. The molecule has 0 saturated heterocycles. The summed E-state index contributed by atoms with van der Waals surface area (Å²) in [6.07, 6.45) is 1.86. The number of nitrogens with one attached hydrogen (secondary N) is 1. The number of aryl methyl sites for hydroxylation is 1. The van der Waals surface area contributed by atoms with Crippen molar-refractivity contribution in [1.82, 2.24) is 10.2 Å². The summed E-state index contributed by atoms with van der Waals surface area (Å²) in [6, 6.07) is 12.7. The molecule has 2 aromatic rings. The van der Waals surface area contributed by atoms with Gasteiger partial charge in [-0.3, -0.25) is 14.9 Å². The van der Waals surface area contributed by atoms with Crippen LogP contribution in [-0.2, 0) is 0 Å². The van der Waals surface area contributed by atoms with Gasteiger partial charge in [-0.15, -0.1) is 11.8 Å². The first kappa shape index (κ1) is 19.9. The van der Waals surface area contributed by atoms with E-state index >= 15 is 0 Å². The van der Waals surface area contributed by atoms with Crippen LogP contribution in [0.2, 0.25) is 0 Å². The van der Waals surface area contributed by atoms with E-state index in [2.05, 4.69) is 5.32 Å². The van der Waals surface area contributed by atoms with Crippen molar-refractivity contribution in [3.8, 4) is 0 Å². The van der Waals surface area contributed by atoms with Gasteiger partial charge in [0.25, 0.3) is 11.6 Å². The number of amides is 1. The Hall–Kier alpha value is -2.38. The second kappa shape index (κ2) is 8.82. The van der Waals surface area contributed by atoms with Crippen LogP contribution in [0.1, 0.15) is 27.5 Å². The monoisotopic (exact) mass is 373 g/mol. The van der Waals surface area contributed by atoms with E-state index in [4.69, 9.17) is 0 Å². The van der Waals surface area contributed by atoms with Gasteiger partial charge in [-0.1, -0.05) is 29.8 Å². The van der Waals surface area contributed by atoms with Crippen LogP contribution < -0.4 is 5.32 Å². The molecule has 1 amide bonds. The van der Waals surface area contributed by atoms with Crippen molar-refractivity contribution in [3.05, 3.63) is 69.3 Å².